The molecule has 0 bridgehead atoms. The molecule has 3 rings (SSSR count). The molecule has 3 aromatic carbocycles. The fraction of sp³-hybridized carbons (Fsp3) is 0.250. The van der Waals surface area contributed by atoms with Gasteiger partial charge in [-0.3, -0.25) is 9.59 Å². The molecule has 5 heteroatoms. The molecule has 5 nitrogen and oxygen atoms in total. The van der Waals surface area contributed by atoms with E-state index < -0.39 is 0 Å². The maximum absolute atomic E-state index is 12.5. The fourth-order valence-corrected chi connectivity index (χ4v) is 3.19. The number of amides is 2. The Morgan fingerprint density at radius 1 is 1.00 bits per heavy atom. The number of aryl methyl sites for hydroxylation is 1. The first-order valence-electron chi connectivity index (χ1n) is 9.60. The molecule has 0 spiro atoms. The molecule has 2 N–H and O–H groups in total. The van der Waals surface area contributed by atoms with Crippen molar-refractivity contribution in [1.82, 2.24) is 5.32 Å². The Kier molecular flexibility index (Phi) is 6.17. The van der Waals surface area contributed by atoms with E-state index in [-0.39, 0.29) is 24.3 Å². The lowest BCUT2D eigenvalue weighted by Crippen LogP contribution is -2.35. The van der Waals surface area contributed by atoms with E-state index in [1.807, 2.05) is 75.4 Å². The van der Waals surface area contributed by atoms with Crippen LogP contribution in [-0.2, 0) is 9.59 Å². The highest BCUT2D eigenvalue weighted by molar-refractivity contribution is 5.96. The number of rotatable bonds is 6. The van der Waals surface area contributed by atoms with Crippen LogP contribution in [0.1, 0.15) is 29.5 Å². The number of anilines is 1. The molecule has 0 saturated heterocycles. The second-order valence-electron chi connectivity index (χ2n) is 7.21. The Labute approximate surface area is 171 Å². The van der Waals surface area contributed by atoms with Gasteiger partial charge in [0, 0.05) is 5.69 Å². The highest BCUT2D eigenvalue weighted by Crippen LogP contribution is 2.25. The van der Waals surface area contributed by atoms with Gasteiger partial charge in [-0.25, -0.2) is 0 Å². The molecule has 0 aliphatic heterocycles. The van der Waals surface area contributed by atoms with Gasteiger partial charge in [-0.1, -0.05) is 36.4 Å². The summed E-state index contributed by atoms with van der Waals surface area (Å²) in [6, 6.07) is 17.5. The van der Waals surface area contributed by atoms with Crippen molar-refractivity contribution in [3.8, 4) is 5.75 Å². The summed E-state index contributed by atoms with van der Waals surface area (Å²) in [7, 11) is 1.64. The molecule has 0 aliphatic rings. The third-order valence-electron chi connectivity index (χ3n) is 5.27. The van der Waals surface area contributed by atoms with Crippen molar-refractivity contribution in [2.75, 3.05) is 19.0 Å². The van der Waals surface area contributed by atoms with Crippen LogP contribution in [0.3, 0.4) is 0 Å². The standard InChI is InChI=1S/C24H26N2O3/c1-15-6-5-7-22(16(15)2)26-23(27)14-25-24(28)17(3)18-8-9-20-13-21(29-4)11-10-19(20)12-18/h5-13,17H,14H2,1-4H3,(H,25,28)(H,26,27). The van der Waals surface area contributed by atoms with E-state index >= 15 is 0 Å². The summed E-state index contributed by atoms with van der Waals surface area (Å²) < 4.78 is 5.25. The zero-order valence-corrected chi connectivity index (χ0v) is 17.2. The van der Waals surface area contributed by atoms with Crippen LogP contribution in [-0.4, -0.2) is 25.5 Å². The van der Waals surface area contributed by atoms with E-state index in [4.69, 9.17) is 4.74 Å². The van der Waals surface area contributed by atoms with E-state index in [0.29, 0.717) is 0 Å². The smallest absolute Gasteiger partial charge is 0.243 e. The zero-order chi connectivity index (χ0) is 21.0. The van der Waals surface area contributed by atoms with Crippen LogP contribution in [0.5, 0.6) is 5.75 Å². The normalized spacial score (nSPS) is 11.7. The molecule has 2 amide bonds. The van der Waals surface area contributed by atoms with E-state index in [1.165, 1.54) is 0 Å². The lowest BCUT2D eigenvalue weighted by atomic mass is 9.97. The monoisotopic (exact) mass is 390 g/mol. The van der Waals surface area contributed by atoms with Gasteiger partial charge in [-0.2, -0.15) is 0 Å². The largest absolute Gasteiger partial charge is 0.497 e. The molecule has 1 atom stereocenters. The summed E-state index contributed by atoms with van der Waals surface area (Å²) in [4.78, 5) is 24.8. The molecule has 1 unspecified atom stereocenters. The zero-order valence-electron chi connectivity index (χ0n) is 17.2. The third kappa shape index (κ3) is 4.74. The first kappa shape index (κ1) is 20.4. The SMILES string of the molecule is COc1ccc2cc(C(C)C(=O)NCC(=O)Nc3cccc(C)c3C)ccc2c1. The number of benzene rings is 3. The predicted molar refractivity (Wildman–Crippen MR) is 116 cm³/mol. The first-order chi connectivity index (χ1) is 13.9. The Balaban J connectivity index is 1.62. The van der Waals surface area contributed by atoms with Crippen LogP contribution in [0.4, 0.5) is 5.69 Å². The van der Waals surface area contributed by atoms with E-state index in [0.717, 1.165) is 38.9 Å². The number of methoxy groups -OCH3 is 1. The van der Waals surface area contributed by atoms with Crippen LogP contribution < -0.4 is 15.4 Å². The van der Waals surface area contributed by atoms with Gasteiger partial charge in [-0.05, 0) is 66.4 Å². The molecule has 0 saturated carbocycles. The van der Waals surface area contributed by atoms with Gasteiger partial charge in [0.05, 0.1) is 19.6 Å². The van der Waals surface area contributed by atoms with E-state index in [9.17, 15) is 9.59 Å². The average molecular weight is 390 g/mol. The maximum atomic E-state index is 12.5. The highest BCUT2D eigenvalue weighted by Gasteiger charge is 2.17. The molecule has 0 heterocycles. The van der Waals surface area contributed by atoms with Crippen molar-refractivity contribution >= 4 is 28.3 Å². The third-order valence-corrected chi connectivity index (χ3v) is 5.27. The van der Waals surface area contributed by atoms with Crippen molar-refractivity contribution in [2.24, 2.45) is 0 Å². The van der Waals surface area contributed by atoms with Gasteiger partial charge in [-0.15, -0.1) is 0 Å². The quantitative estimate of drug-likeness (QED) is 0.659. The van der Waals surface area contributed by atoms with Crippen molar-refractivity contribution in [2.45, 2.75) is 26.7 Å². The number of carbonyl (C=O) groups is 2. The first-order valence-corrected chi connectivity index (χ1v) is 9.60. The molecule has 29 heavy (non-hydrogen) atoms. The topological polar surface area (TPSA) is 67.4 Å². The number of carbonyl (C=O) groups excluding carboxylic acids is 2. The number of fused-ring (bicyclic) bond motifs is 1. The van der Waals surface area contributed by atoms with Gasteiger partial charge < -0.3 is 15.4 Å². The Bertz CT molecular complexity index is 1060. The second kappa shape index (κ2) is 8.78. The summed E-state index contributed by atoms with van der Waals surface area (Å²) in [6.45, 7) is 5.72. The minimum Gasteiger partial charge on any atom is -0.497 e. The highest BCUT2D eigenvalue weighted by atomic mass is 16.5. The fourth-order valence-electron chi connectivity index (χ4n) is 3.19. The Hall–Kier alpha value is -3.34. The summed E-state index contributed by atoms with van der Waals surface area (Å²) in [5.74, 6) is -0.000240. The van der Waals surface area contributed by atoms with Crippen LogP contribution in [0, 0.1) is 13.8 Å². The molecule has 3 aromatic rings. The van der Waals surface area contributed by atoms with Gasteiger partial charge >= 0.3 is 0 Å². The van der Waals surface area contributed by atoms with Crippen molar-refractivity contribution in [3.05, 3.63) is 71.3 Å². The van der Waals surface area contributed by atoms with Crippen LogP contribution >= 0.6 is 0 Å². The minimum atomic E-state index is -0.366. The molecule has 0 fully saturated rings. The van der Waals surface area contributed by atoms with Gasteiger partial charge in [0.25, 0.3) is 0 Å². The van der Waals surface area contributed by atoms with Gasteiger partial charge in [0.15, 0.2) is 0 Å². The maximum Gasteiger partial charge on any atom is 0.243 e. The molecular formula is C24H26N2O3. The number of nitrogens with one attached hydrogen (secondary N) is 2. The summed E-state index contributed by atoms with van der Waals surface area (Å²) in [6.07, 6.45) is 0. The Morgan fingerprint density at radius 3 is 2.48 bits per heavy atom. The molecule has 0 aliphatic carbocycles. The lowest BCUT2D eigenvalue weighted by Gasteiger charge is -2.14. The molecule has 0 aromatic heterocycles. The number of hydrogen-bond acceptors (Lipinski definition) is 3. The Morgan fingerprint density at radius 2 is 1.72 bits per heavy atom. The summed E-state index contributed by atoms with van der Waals surface area (Å²) in [5, 5.41) is 7.67. The summed E-state index contributed by atoms with van der Waals surface area (Å²) in [5.41, 5.74) is 3.79. The lowest BCUT2D eigenvalue weighted by molar-refractivity contribution is -0.125. The van der Waals surface area contributed by atoms with Crippen molar-refractivity contribution in [1.29, 1.82) is 0 Å². The van der Waals surface area contributed by atoms with Gasteiger partial charge in [0.2, 0.25) is 11.8 Å². The molecular weight excluding hydrogens is 364 g/mol. The second-order valence-corrected chi connectivity index (χ2v) is 7.21. The van der Waals surface area contributed by atoms with Crippen LogP contribution in [0.15, 0.2) is 54.6 Å². The number of ether oxygens (including phenoxy) is 1. The van der Waals surface area contributed by atoms with Crippen LogP contribution in [0.25, 0.3) is 10.8 Å². The number of hydrogen-bond donors (Lipinski definition) is 2. The van der Waals surface area contributed by atoms with E-state index in [2.05, 4.69) is 10.6 Å². The van der Waals surface area contributed by atoms with Crippen molar-refractivity contribution < 1.29 is 14.3 Å². The molecule has 150 valence electrons. The predicted octanol–water partition coefficient (Wildman–Crippen LogP) is 4.32. The van der Waals surface area contributed by atoms with E-state index in [1.54, 1.807) is 7.11 Å². The average Bonchev–Trinajstić information content (AvgIpc) is 2.74. The van der Waals surface area contributed by atoms with Crippen molar-refractivity contribution in [3.63, 3.8) is 0 Å². The summed E-state index contributed by atoms with van der Waals surface area (Å²) >= 11 is 0. The van der Waals surface area contributed by atoms with Gasteiger partial charge in [0.1, 0.15) is 5.75 Å². The molecule has 0 radical (unpaired) electrons. The van der Waals surface area contributed by atoms with Crippen LogP contribution in [0.2, 0.25) is 0 Å². The minimum absolute atomic E-state index is 0.0681.